The number of hydrogen-bond acceptors (Lipinski definition) is 3. The van der Waals surface area contributed by atoms with Gasteiger partial charge in [-0.3, -0.25) is 0 Å². The lowest BCUT2D eigenvalue weighted by Crippen LogP contribution is -2.85. The molecule has 3 heteroatoms. The zero-order chi connectivity index (χ0) is 15.3. The van der Waals surface area contributed by atoms with Crippen molar-refractivity contribution in [2.45, 2.75) is 101 Å². The fraction of sp³-hybridized carbons (Fsp3) is 1.00. The second-order valence-corrected chi connectivity index (χ2v) is 9.60. The minimum absolute atomic E-state index is 0.0665. The van der Waals surface area contributed by atoms with Crippen molar-refractivity contribution < 1.29 is 14.6 Å². The highest BCUT2D eigenvalue weighted by molar-refractivity contribution is 5.25. The van der Waals surface area contributed by atoms with E-state index in [9.17, 15) is 5.11 Å². The standard InChI is InChI=1S/C20H30O3/c21-20-15-8-5-9-17(20)13-16-7-2-4-11-19(16,23-20)22-18(17)10-3-1-6-14(18)12-15/h14-16,21H,1-13H2/t14?,15?,16?,17?,18-,19+,20?/m1/s1. The third-order valence-electron chi connectivity index (χ3n) is 9.01. The lowest BCUT2D eigenvalue weighted by Gasteiger charge is -2.79. The maximum absolute atomic E-state index is 11.9. The summed E-state index contributed by atoms with van der Waals surface area (Å²) in [6, 6.07) is 0. The highest BCUT2D eigenvalue weighted by Gasteiger charge is 2.82. The maximum atomic E-state index is 11.9. The highest BCUT2D eigenvalue weighted by atomic mass is 16.8. The number of rotatable bonds is 0. The quantitative estimate of drug-likeness (QED) is 0.730. The third-order valence-corrected chi connectivity index (χ3v) is 9.01. The summed E-state index contributed by atoms with van der Waals surface area (Å²) in [5.41, 5.74) is -0.168. The molecule has 0 amide bonds. The molecular formula is C20H30O3. The minimum atomic E-state index is -0.884. The van der Waals surface area contributed by atoms with Crippen LogP contribution in [-0.2, 0) is 9.47 Å². The molecule has 7 aliphatic rings. The molecule has 3 spiro atoms. The van der Waals surface area contributed by atoms with Crippen LogP contribution in [0.3, 0.4) is 0 Å². The van der Waals surface area contributed by atoms with Crippen molar-refractivity contribution in [3.63, 3.8) is 0 Å². The molecule has 3 nitrogen and oxygen atoms in total. The molecule has 4 saturated carbocycles. The lowest BCUT2D eigenvalue weighted by atomic mass is 9.40. The Morgan fingerprint density at radius 2 is 1.52 bits per heavy atom. The minimum Gasteiger partial charge on any atom is -0.365 e. The molecule has 7 rings (SSSR count). The Bertz CT molecular complexity index is 549. The zero-order valence-corrected chi connectivity index (χ0v) is 14.2. The van der Waals surface area contributed by atoms with Crippen molar-refractivity contribution in [2.75, 3.05) is 0 Å². The number of hydrogen-bond donors (Lipinski definition) is 1. The average molecular weight is 318 g/mol. The van der Waals surface area contributed by atoms with E-state index in [0.717, 1.165) is 25.7 Å². The van der Waals surface area contributed by atoms with Crippen LogP contribution >= 0.6 is 0 Å². The molecule has 0 aromatic carbocycles. The Morgan fingerprint density at radius 3 is 2.43 bits per heavy atom. The number of aliphatic hydroxyl groups is 1. The molecule has 4 aliphatic carbocycles. The molecule has 1 N–H and O–H groups in total. The van der Waals surface area contributed by atoms with Gasteiger partial charge in [0.2, 0.25) is 0 Å². The molecular weight excluding hydrogens is 288 g/mol. The van der Waals surface area contributed by atoms with E-state index in [4.69, 9.17) is 9.47 Å². The molecule has 0 aromatic rings. The molecule has 3 saturated heterocycles. The molecule has 3 heterocycles. The van der Waals surface area contributed by atoms with E-state index in [0.29, 0.717) is 17.8 Å². The molecule has 0 radical (unpaired) electrons. The van der Waals surface area contributed by atoms with Crippen molar-refractivity contribution in [1.29, 1.82) is 0 Å². The van der Waals surface area contributed by atoms with Crippen LogP contribution in [0.2, 0.25) is 0 Å². The van der Waals surface area contributed by atoms with Crippen LogP contribution in [0.25, 0.3) is 0 Å². The van der Waals surface area contributed by atoms with Gasteiger partial charge in [0.25, 0.3) is 0 Å². The Hall–Kier alpha value is -0.120. The Morgan fingerprint density at radius 1 is 0.739 bits per heavy atom. The first-order chi connectivity index (χ1) is 11.1. The fourth-order valence-corrected chi connectivity index (χ4v) is 8.27. The zero-order valence-electron chi connectivity index (χ0n) is 14.2. The van der Waals surface area contributed by atoms with Gasteiger partial charge in [0.1, 0.15) is 0 Å². The van der Waals surface area contributed by atoms with Crippen molar-refractivity contribution in [1.82, 2.24) is 0 Å². The second kappa shape index (κ2) is 4.16. The van der Waals surface area contributed by atoms with Crippen molar-refractivity contribution >= 4 is 0 Å². The first kappa shape index (κ1) is 14.1. The van der Waals surface area contributed by atoms with Crippen LogP contribution in [-0.4, -0.2) is 22.3 Å². The summed E-state index contributed by atoms with van der Waals surface area (Å²) in [4.78, 5) is 0. The van der Waals surface area contributed by atoms with Gasteiger partial charge in [-0.15, -0.1) is 0 Å². The van der Waals surface area contributed by atoms with Crippen LogP contribution in [0.1, 0.15) is 83.5 Å². The molecule has 0 aromatic heterocycles. The summed E-state index contributed by atoms with van der Waals surface area (Å²) in [6.07, 6.45) is 15.7. The van der Waals surface area contributed by atoms with Gasteiger partial charge < -0.3 is 14.6 Å². The summed E-state index contributed by atoms with van der Waals surface area (Å²) < 4.78 is 13.8. The molecule has 23 heavy (non-hydrogen) atoms. The van der Waals surface area contributed by atoms with Gasteiger partial charge in [0.15, 0.2) is 11.6 Å². The number of ether oxygens (including phenoxy) is 2. The van der Waals surface area contributed by atoms with Crippen LogP contribution in [0.5, 0.6) is 0 Å². The van der Waals surface area contributed by atoms with Gasteiger partial charge >= 0.3 is 0 Å². The summed E-state index contributed by atoms with van der Waals surface area (Å²) in [5.74, 6) is 0.231. The van der Waals surface area contributed by atoms with Gasteiger partial charge in [0, 0.05) is 18.3 Å². The van der Waals surface area contributed by atoms with E-state index in [1.54, 1.807) is 0 Å². The predicted octanol–water partition coefficient (Wildman–Crippen LogP) is 4.13. The Kier molecular flexibility index (Phi) is 2.55. The summed E-state index contributed by atoms with van der Waals surface area (Å²) in [5, 5.41) is 11.9. The van der Waals surface area contributed by atoms with Crippen molar-refractivity contribution in [3.05, 3.63) is 0 Å². The highest BCUT2D eigenvalue weighted by Crippen LogP contribution is 2.77. The molecule has 7 fully saturated rings. The molecule has 5 unspecified atom stereocenters. The first-order valence-electron chi connectivity index (χ1n) is 10.3. The van der Waals surface area contributed by atoms with E-state index in [1.807, 2.05) is 0 Å². The van der Waals surface area contributed by atoms with Crippen LogP contribution in [0, 0.1) is 23.2 Å². The van der Waals surface area contributed by atoms with Gasteiger partial charge in [-0.2, -0.15) is 0 Å². The van der Waals surface area contributed by atoms with E-state index in [1.165, 1.54) is 57.8 Å². The first-order valence-corrected chi connectivity index (χ1v) is 10.3. The van der Waals surface area contributed by atoms with Crippen LogP contribution in [0.4, 0.5) is 0 Å². The topological polar surface area (TPSA) is 38.7 Å². The van der Waals surface area contributed by atoms with Crippen molar-refractivity contribution in [2.24, 2.45) is 23.2 Å². The van der Waals surface area contributed by atoms with Crippen LogP contribution in [0.15, 0.2) is 0 Å². The monoisotopic (exact) mass is 318 g/mol. The van der Waals surface area contributed by atoms with E-state index >= 15 is 0 Å². The smallest absolute Gasteiger partial charge is 0.180 e. The van der Waals surface area contributed by atoms with E-state index in [-0.39, 0.29) is 11.0 Å². The molecule has 3 aliphatic heterocycles. The predicted molar refractivity (Wildman–Crippen MR) is 85.5 cm³/mol. The normalized spacial score (nSPS) is 63.3. The van der Waals surface area contributed by atoms with Gasteiger partial charge in [-0.1, -0.05) is 25.7 Å². The van der Waals surface area contributed by atoms with E-state index in [2.05, 4.69) is 0 Å². The Labute approximate surface area is 139 Å². The third kappa shape index (κ3) is 1.36. The fourth-order valence-electron chi connectivity index (χ4n) is 8.27. The van der Waals surface area contributed by atoms with Gasteiger partial charge in [-0.05, 0) is 57.3 Å². The van der Waals surface area contributed by atoms with Gasteiger partial charge in [-0.25, -0.2) is 0 Å². The largest absolute Gasteiger partial charge is 0.365 e. The molecule has 5 bridgehead atoms. The summed E-state index contributed by atoms with van der Waals surface area (Å²) in [6.45, 7) is 0. The molecule has 7 atom stereocenters. The molecule has 128 valence electrons. The summed E-state index contributed by atoms with van der Waals surface area (Å²) >= 11 is 0. The summed E-state index contributed by atoms with van der Waals surface area (Å²) in [7, 11) is 0. The Balaban J connectivity index is 1.58. The van der Waals surface area contributed by atoms with Gasteiger partial charge in [0.05, 0.1) is 11.0 Å². The van der Waals surface area contributed by atoms with Crippen molar-refractivity contribution in [3.8, 4) is 0 Å². The van der Waals surface area contributed by atoms with E-state index < -0.39 is 11.6 Å². The SMILES string of the molecule is OC12O[C@@]34CCCCC3CC13CCCC2CC1CCCC[C@@]13O4. The second-order valence-electron chi connectivity index (χ2n) is 9.60. The average Bonchev–Trinajstić information content (AvgIpc) is 2.52. The lowest BCUT2D eigenvalue weighted by molar-refractivity contribution is -0.565. The maximum Gasteiger partial charge on any atom is 0.180 e. The van der Waals surface area contributed by atoms with Crippen LogP contribution < -0.4 is 0 Å².